The van der Waals surface area contributed by atoms with Gasteiger partial charge in [-0.2, -0.15) is 0 Å². The van der Waals surface area contributed by atoms with Crippen molar-refractivity contribution in [2.75, 3.05) is 0 Å². The van der Waals surface area contributed by atoms with Gasteiger partial charge < -0.3 is 4.79 Å². The molecule has 0 saturated heterocycles. The summed E-state index contributed by atoms with van der Waals surface area (Å²) >= 11 is 0. The van der Waals surface area contributed by atoms with E-state index in [9.17, 15) is 4.79 Å². The van der Waals surface area contributed by atoms with Crippen molar-refractivity contribution in [3.05, 3.63) is 83.4 Å². The first-order valence-corrected chi connectivity index (χ1v) is 9.10. The Hall–Kier alpha value is -2.15. The van der Waals surface area contributed by atoms with E-state index >= 15 is 0 Å². The Bertz CT molecular complexity index is 686. The summed E-state index contributed by atoms with van der Waals surface area (Å²) in [5.74, 6) is 0. The number of hydrogen-bond acceptors (Lipinski definition) is 1. The summed E-state index contributed by atoms with van der Waals surface area (Å²) in [6, 6.07) is 19.1. The van der Waals surface area contributed by atoms with Crippen molar-refractivity contribution in [2.24, 2.45) is 0 Å². The molecule has 24 heavy (non-hydrogen) atoms. The lowest BCUT2D eigenvalue weighted by atomic mass is 9.70. The van der Waals surface area contributed by atoms with Gasteiger partial charge in [-0.25, -0.2) is 0 Å². The van der Waals surface area contributed by atoms with E-state index in [1.165, 1.54) is 29.5 Å². The van der Waals surface area contributed by atoms with Crippen LogP contribution in [0.4, 0.5) is 0 Å². The largest absolute Gasteiger partial charge is 0.302 e. The van der Waals surface area contributed by atoms with Gasteiger partial charge in [0.25, 0.3) is 0 Å². The number of aldehydes is 1. The molecule has 1 atom stereocenters. The topological polar surface area (TPSA) is 17.1 Å². The van der Waals surface area contributed by atoms with E-state index in [0.29, 0.717) is 0 Å². The highest BCUT2D eigenvalue weighted by atomic mass is 16.1. The Labute approximate surface area is 145 Å². The van der Waals surface area contributed by atoms with Crippen molar-refractivity contribution in [1.82, 2.24) is 0 Å². The fourth-order valence-corrected chi connectivity index (χ4v) is 3.76. The minimum Gasteiger partial charge on any atom is -0.302 e. The summed E-state index contributed by atoms with van der Waals surface area (Å²) in [5, 5.41) is 0. The van der Waals surface area contributed by atoms with Crippen molar-refractivity contribution in [2.45, 2.75) is 50.4 Å². The van der Waals surface area contributed by atoms with Gasteiger partial charge in [-0.15, -0.1) is 0 Å². The normalized spacial score (nSPS) is 20.0. The number of hydrogen-bond donors (Lipinski definition) is 0. The molecule has 0 saturated carbocycles. The van der Waals surface area contributed by atoms with E-state index in [4.69, 9.17) is 0 Å². The van der Waals surface area contributed by atoms with Gasteiger partial charge in [0, 0.05) is 0 Å². The predicted octanol–water partition coefficient (Wildman–Crippen LogP) is 5.43. The van der Waals surface area contributed by atoms with Gasteiger partial charge in [0.05, 0.1) is 5.41 Å². The highest BCUT2D eigenvalue weighted by Crippen LogP contribution is 2.37. The maximum absolute atomic E-state index is 11.9. The summed E-state index contributed by atoms with van der Waals surface area (Å²) in [4.78, 5) is 11.9. The molecule has 1 nitrogen and oxygen atoms in total. The predicted molar refractivity (Wildman–Crippen MR) is 100 cm³/mol. The first-order valence-electron chi connectivity index (χ1n) is 9.10. The van der Waals surface area contributed by atoms with E-state index in [1.807, 2.05) is 0 Å². The smallest absolute Gasteiger partial charge is 0.134 e. The minimum atomic E-state index is -0.395. The van der Waals surface area contributed by atoms with Crippen molar-refractivity contribution in [3.63, 3.8) is 0 Å². The van der Waals surface area contributed by atoms with Gasteiger partial charge in [0.15, 0.2) is 0 Å². The third-order valence-corrected chi connectivity index (χ3v) is 5.11. The Balaban J connectivity index is 1.56. The molecule has 0 aliphatic heterocycles. The maximum atomic E-state index is 11.9. The minimum absolute atomic E-state index is 0.395. The molecule has 2 aromatic rings. The zero-order valence-corrected chi connectivity index (χ0v) is 14.3. The molecule has 2 aromatic carbocycles. The zero-order valence-electron chi connectivity index (χ0n) is 14.3. The van der Waals surface area contributed by atoms with Gasteiger partial charge in [-0.3, -0.25) is 0 Å². The van der Waals surface area contributed by atoms with E-state index in [-0.39, 0.29) is 0 Å². The molecular weight excluding hydrogens is 292 g/mol. The number of aryl methyl sites for hydroxylation is 2. The van der Waals surface area contributed by atoms with Gasteiger partial charge in [0.1, 0.15) is 6.29 Å². The SMILES string of the molecule is O=C[C@]1(/C=C/CCCCc2ccccc2)CCCc2ccccc21. The number of rotatable bonds is 7. The monoisotopic (exact) mass is 318 g/mol. The van der Waals surface area contributed by atoms with Crippen molar-refractivity contribution < 1.29 is 4.79 Å². The van der Waals surface area contributed by atoms with Crippen LogP contribution in [0.1, 0.15) is 48.8 Å². The Morgan fingerprint density at radius 2 is 1.75 bits per heavy atom. The average molecular weight is 318 g/mol. The molecule has 0 N–H and O–H groups in total. The van der Waals surface area contributed by atoms with E-state index in [1.54, 1.807) is 0 Å². The molecule has 3 rings (SSSR count). The second-order valence-corrected chi connectivity index (χ2v) is 6.80. The van der Waals surface area contributed by atoms with Crippen LogP contribution in [0.15, 0.2) is 66.7 Å². The lowest BCUT2D eigenvalue weighted by Crippen LogP contribution is -2.30. The fraction of sp³-hybridized carbons (Fsp3) is 0.348. The van der Waals surface area contributed by atoms with Crippen LogP contribution in [0, 0.1) is 0 Å². The lowest BCUT2D eigenvalue weighted by Gasteiger charge is -2.32. The lowest BCUT2D eigenvalue weighted by molar-refractivity contribution is -0.111. The summed E-state index contributed by atoms with van der Waals surface area (Å²) in [6.45, 7) is 0. The molecule has 0 aromatic heterocycles. The molecule has 0 unspecified atom stereocenters. The quantitative estimate of drug-likeness (QED) is 0.378. The van der Waals surface area contributed by atoms with Crippen LogP contribution in [-0.2, 0) is 23.1 Å². The van der Waals surface area contributed by atoms with Gasteiger partial charge in [0.2, 0.25) is 0 Å². The van der Waals surface area contributed by atoms with Crippen LogP contribution >= 0.6 is 0 Å². The van der Waals surface area contributed by atoms with Gasteiger partial charge in [-0.1, -0.05) is 66.7 Å². The summed E-state index contributed by atoms with van der Waals surface area (Å²) in [6.07, 6.45) is 13.2. The highest BCUT2D eigenvalue weighted by molar-refractivity contribution is 5.73. The second-order valence-electron chi connectivity index (χ2n) is 6.80. The maximum Gasteiger partial charge on any atom is 0.134 e. The molecule has 1 heteroatoms. The van der Waals surface area contributed by atoms with Crippen LogP contribution in [-0.4, -0.2) is 6.29 Å². The van der Waals surface area contributed by atoms with Crippen molar-refractivity contribution in [3.8, 4) is 0 Å². The zero-order chi connectivity index (χ0) is 16.7. The third-order valence-electron chi connectivity index (χ3n) is 5.11. The molecule has 1 aliphatic carbocycles. The van der Waals surface area contributed by atoms with Gasteiger partial charge in [-0.05, 0) is 61.6 Å². The Morgan fingerprint density at radius 3 is 2.58 bits per heavy atom. The first kappa shape index (κ1) is 16.7. The molecule has 124 valence electrons. The van der Waals surface area contributed by atoms with Crippen LogP contribution in [0.25, 0.3) is 0 Å². The molecule has 0 bridgehead atoms. The standard InChI is InChI=1S/C23H26O/c24-19-23(18-10-15-21-14-7-8-16-22(21)23)17-9-2-1-4-11-20-12-5-3-6-13-20/h3,5-9,12-14,16-17,19H,1-2,4,10-11,15,18H2/b17-9+/t23-/m0/s1. The fourth-order valence-electron chi connectivity index (χ4n) is 3.76. The van der Waals surface area contributed by atoms with Crippen LogP contribution in [0.3, 0.4) is 0 Å². The van der Waals surface area contributed by atoms with Gasteiger partial charge >= 0.3 is 0 Å². The number of benzene rings is 2. The van der Waals surface area contributed by atoms with E-state index in [0.717, 1.165) is 38.4 Å². The molecule has 0 radical (unpaired) electrons. The average Bonchev–Trinajstić information content (AvgIpc) is 2.65. The summed E-state index contributed by atoms with van der Waals surface area (Å²) in [7, 11) is 0. The molecular formula is C23H26O. The summed E-state index contributed by atoms with van der Waals surface area (Å²) in [5.41, 5.74) is 3.57. The second kappa shape index (κ2) is 8.10. The number of allylic oxidation sites excluding steroid dienone is 2. The Kier molecular flexibility index (Phi) is 5.63. The highest BCUT2D eigenvalue weighted by Gasteiger charge is 2.33. The third kappa shape index (κ3) is 3.84. The summed E-state index contributed by atoms with van der Waals surface area (Å²) < 4.78 is 0. The van der Waals surface area contributed by atoms with Crippen molar-refractivity contribution >= 4 is 6.29 Å². The van der Waals surface area contributed by atoms with E-state index in [2.05, 4.69) is 66.7 Å². The van der Waals surface area contributed by atoms with Crippen LogP contribution in [0.2, 0.25) is 0 Å². The van der Waals surface area contributed by atoms with E-state index < -0.39 is 5.41 Å². The molecule has 0 spiro atoms. The van der Waals surface area contributed by atoms with Crippen LogP contribution in [0.5, 0.6) is 0 Å². The number of carbonyl (C=O) groups is 1. The molecule has 0 fully saturated rings. The first-order chi connectivity index (χ1) is 11.8. The van der Waals surface area contributed by atoms with Crippen LogP contribution < -0.4 is 0 Å². The molecule has 0 amide bonds. The number of carbonyl (C=O) groups excluding carboxylic acids is 1. The van der Waals surface area contributed by atoms with Crippen molar-refractivity contribution in [1.29, 1.82) is 0 Å². The molecule has 1 aliphatic rings. The Morgan fingerprint density at radius 1 is 0.958 bits per heavy atom. The molecule has 0 heterocycles. The number of fused-ring (bicyclic) bond motifs is 1. The number of unbranched alkanes of at least 4 members (excludes halogenated alkanes) is 2.